The molecule has 7 heteroatoms. The summed E-state index contributed by atoms with van der Waals surface area (Å²) in [5, 5.41) is 7.09. The van der Waals surface area contributed by atoms with Gasteiger partial charge in [-0.05, 0) is 20.8 Å². The van der Waals surface area contributed by atoms with E-state index in [0.717, 1.165) is 0 Å². The summed E-state index contributed by atoms with van der Waals surface area (Å²) in [6, 6.07) is -1.88. The zero-order chi connectivity index (χ0) is 13.4. The standard InChI is InChI=1S/C10H19N3O4/c1-5-17-9(15)7(3)12-6(2)8(14)13-10(16)11-4/h6-7,12H,5H2,1-4H3,(H2,11,13,14,16). The summed E-state index contributed by atoms with van der Waals surface area (Å²) in [7, 11) is 1.40. The van der Waals surface area contributed by atoms with Crippen LogP contribution >= 0.6 is 0 Å². The fraction of sp³-hybridized carbons (Fsp3) is 0.700. The zero-order valence-electron chi connectivity index (χ0n) is 10.5. The molecule has 0 saturated carbocycles. The molecule has 0 aromatic carbocycles. The van der Waals surface area contributed by atoms with Gasteiger partial charge in [-0.25, -0.2) is 4.79 Å². The van der Waals surface area contributed by atoms with Crippen molar-refractivity contribution in [3.63, 3.8) is 0 Å². The third-order valence-electron chi connectivity index (χ3n) is 2.00. The Hall–Kier alpha value is -1.63. The van der Waals surface area contributed by atoms with Crippen LogP contribution in [0.4, 0.5) is 4.79 Å². The van der Waals surface area contributed by atoms with Crippen molar-refractivity contribution >= 4 is 17.9 Å². The van der Waals surface area contributed by atoms with E-state index in [1.807, 2.05) is 0 Å². The summed E-state index contributed by atoms with van der Waals surface area (Å²) in [6.45, 7) is 5.12. The molecule has 0 rings (SSSR count). The van der Waals surface area contributed by atoms with Crippen LogP contribution in [0.3, 0.4) is 0 Å². The molecule has 0 aromatic rings. The highest BCUT2D eigenvalue weighted by Crippen LogP contribution is 1.92. The lowest BCUT2D eigenvalue weighted by Crippen LogP contribution is -2.51. The maximum Gasteiger partial charge on any atom is 0.322 e. The number of urea groups is 1. The van der Waals surface area contributed by atoms with Gasteiger partial charge >= 0.3 is 12.0 Å². The van der Waals surface area contributed by atoms with Gasteiger partial charge < -0.3 is 10.1 Å². The first-order chi connectivity index (χ1) is 7.92. The zero-order valence-corrected chi connectivity index (χ0v) is 10.5. The summed E-state index contributed by atoms with van der Waals surface area (Å²) in [4.78, 5) is 33.6. The molecule has 17 heavy (non-hydrogen) atoms. The van der Waals surface area contributed by atoms with E-state index >= 15 is 0 Å². The molecule has 2 unspecified atom stereocenters. The number of hydrogen-bond donors (Lipinski definition) is 3. The van der Waals surface area contributed by atoms with Crippen molar-refractivity contribution in [2.24, 2.45) is 0 Å². The molecule has 0 aliphatic rings. The van der Waals surface area contributed by atoms with Crippen LogP contribution in [0, 0.1) is 0 Å². The van der Waals surface area contributed by atoms with Crippen LogP contribution in [0.5, 0.6) is 0 Å². The van der Waals surface area contributed by atoms with Gasteiger partial charge in [0.2, 0.25) is 5.91 Å². The molecule has 0 aromatic heterocycles. The van der Waals surface area contributed by atoms with Crippen LogP contribution in [0.15, 0.2) is 0 Å². The van der Waals surface area contributed by atoms with E-state index in [4.69, 9.17) is 4.74 Å². The van der Waals surface area contributed by atoms with Gasteiger partial charge in [-0.15, -0.1) is 0 Å². The minimum atomic E-state index is -0.674. The SMILES string of the molecule is CCOC(=O)C(C)NC(C)C(=O)NC(=O)NC. The molecule has 0 heterocycles. The van der Waals surface area contributed by atoms with Crippen molar-refractivity contribution in [1.29, 1.82) is 0 Å². The molecule has 2 atom stereocenters. The molecule has 98 valence electrons. The van der Waals surface area contributed by atoms with Crippen LogP contribution < -0.4 is 16.0 Å². The molecule has 0 aliphatic carbocycles. The van der Waals surface area contributed by atoms with E-state index in [2.05, 4.69) is 16.0 Å². The van der Waals surface area contributed by atoms with Gasteiger partial charge in [-0.2, -0.15) is 0 Å². The Kier molecular flexibility index (Phi) is 6.88. The Morgan fingerprint density at radius 1 is 1.18 bits per heavy atom. The Labute approximate surface area is 100 Å². The maximum atomic E-state index is 11.4. The number of esters is 1. The number of hydrogen-bond acceptors (Lipinski definition) is 5. The maximum absolute atomic E-state index is 11.4. The molecule has 3 amide bonds. The minimum Gasteiger partial charge on any atom is -0.465 e. The summed E-state index contributed by atoms with van der Waals surface area (Å²) >= 11 is 0. The minimum absolute atomic E-state index is 0.281. The first-order valence-electron chi connectivity index (χ1n) is 5.37. The van der Waals surface area contributed by atoms with Crippen molar-refractivity contribution in [1.82, 2.24) is 16.0 Å². The molecule has 7 nitrogen and oxygen atoms in total. The third kappa shape index (κ3) is 5.86. The number of carbonyl (C=O) groups excluding carboxylic acids is 3. The highest BCUT2D eigenvalue weighted by molar-refractivity contribution is 5.96. The highest BCUT2D eigenvalue weighted by Gasteiger charge is 2.21. The van der Waals surface area contributed by atoms with Crippen LogP contribution in [0.25, 0.3) is 0 Å². The topological polar surface area (TPSA) is 96.5 Å². The van der Waals surface area contributed by atoms with Gasteiger partial charge in [-0.1, -0.05) is 0 Å². The average molecular weight is 245 g/mol. The lowest BCUT2D eigenvalue weighted by Gasteiger charge is -2.17. The molecule has 3 N–H and O–H groups in total. The molecule has 0 fully saturated rings. The Balaban J connectivity index is 4.15. The first kappa shape index (κ1) is 15.4. The van der Waals surface area contributed by atoms with E-state index in [9.17, 15) is 14.4 Å². The van der Waals surface area contributed by atoms with E-state index in [0.29, 0.717) is 0 Å². The molecular formula is C10H19N3O4. The Bertz CT molecular complexity index is 293. The number of rotatable bonds is 5. The number of amides is 3. The van der Waals surface area contributed by atoms with Crippen LogP contribution in [0.1, 0.15) is 20.8 Å². The van der Waals surface area contributed by atoms with Crippen LogP contribution in [-0.4, -0.2) is 43.6 Å². The second-order valence-electron chi connectivity index (χ2n) is 3.43. The highest BCUT2D eigenvalue weighted by atomic mass is 16.5. The second-order valence-corrected chi connectivity index (χ2v) is 3.43. The van der Waals surface area contributed by atoms with Gasteiger partial charge in [0.15, 0.2) is 0 Å². The van der Waals surface area contributed by atoms with Gasteiger partial charge in [0.1, 0.15) is 6.04 Å². The third-order valence-corrected chi connectivity index (χ3v) is 2.00. The number of carbonyl (C=O) groups is 3. The molecule has 0 radical (unpaired) electrons. The van der Waals surface area contributed by atoms with E-state index in [1.54, 1.807) is 20.8 Å². The fourth-order valence-electron chi connectivity index (χ4n) is 1.07. The van der Waals surface area contributed by atoms with Crippen molar-refractivity contribution in [2.75, 3.05) is 13.7 Å². The van der Waals surface area contributed by atoms with Crippen LogP contribution in [-0.2, 0) is 14.3 Å². The Morgan fingerprint density at radius 3 is 2.24 bits per heavy atom. The van der Waals surface area contributed by atoms with Gasteiger partial charge in [0, 0.05) is 7.05 Å². The van der Waals surface area contributed by atoms with E-state index < -0.39 is 30.0 Å². The van der Waals surface area contributed by atoms with Crippen molar-refractivity contribution in [3.8, 4) is 0 Å². The Morgan fingerprint density at radius 2 is 1.76 bits per heavy atom. The first-order valence-corrected chi connectivity index (χ1v) is 5.37. The number of imide groups is 1. The van der Waals surface area contributed by atoms with E-state index in [1.165, 1.54) is 7.05 Å². The largest absolute Gasteiger partial charge is 0.465 e. The normalized spacial score (nSPS) is 13.4. The average Bonchev–Trinajstić information content (AvgIpc) is 2.28. The predicted octanol–water partition coefficient (Wildman–Crippen LogP) is -0.628. The summed E-state index contributed by atoms with van der Waals surface area (Å²) in [6.07, 6.45) is 0. The van der Waals surface area contributed by atoms with Crippen molar-refractivity contribution < 1.29 is 19.1 Å². The number of ether oxygens (including phenoxy) is 1. The van der Waals surface area contributed by atoms with Crippen LogP contribution in [0.2, 0.25) is 0 Å². The van der Waals surface area contributed by atoms with E-state index in [-0.39, 0.29) is 6.61 Å². The van der Waals surface area contributed by atoms with Gasteiger partial charge in [-0.3, -0.25) is 20.2 Å². The fourth-order valence-corrected chi connectivity index (χ4v) is 1.07. The number of nitrogens with one attached hydrogen (secondary N) is 3. The smallest absolute Gasteiger partial charge is 0.322 e. The van der Waals surface area contributed by atoms with Crippen molar-refractivity contribution in [2.45, 2.75) is 32.9 Å². The lowest BCUT2D eigenvalue weighted by atomic mass is 10.2. The molecular weight excluding hydrogens is 226 g/mol. The summed E-state index contributed by atoms with van der Waals surface area (Å²) < 4.78 is 4.77. The van der Waals surface area contributed by atoms with Crippen molar-refractivity contribution in [3.05, 3.63) is 0 Å². The lowest BCUT2D eigenvalue weighted by molar-refractivity contribution is -0.145. The second kappa shape index (κ2) is 7.61. The van der Waals surface area contributed by atoms with Gasteiger partial charge in [0.25, 0.3) is 0 Å². The molecule has 0 spiro atoms. The summed E-state index contributed by atoms with van der Waals surface area (Å²) in [5.74, 6) is -0.951. The quantitative estimate of drug-likeness (QED) is 0.560. The van der Waals surface area contributed by atoms with Gasteiger partial charge in [0.05, 0.1) is 12.6 Å². The molecule has 0 saturated heterocycles. The molecule has 0 bridgehead atoms. The molecule has 0 aliphatic heterocycles. The predicted molar refractivity (Wildman–Crippen MR) is 61.3 cm³/mol. The summed E-state index contributed by atoms with van der Waals surface area (Å²) in [5.41, 5.74) is 0. The monoisotopic (exact) mass is 245 g/mol.